The summed E-state index contributed by atoms with van der Waals surface area (Å²) >= 11 is 6.22. The second-order valence-electron chi connectivity index (χ2n) is 8.09. The van der Waals surface area contributed by atoms with E-state index in [1.54, 1.807) is 19.3 Å². The van der Waals surface area contributed by atoms with Gasteiger partial charge in [0.25, 0.3) is 5.56 Å². The maximum absolute atomic E-state index is 12.4. The molecule has 0 amide bonds. The Labute approximate surface area is 196 Å². The van der Waals surface area contributed by atoms with Crippen molar-refractivity contribution in [2.24, 2.45) is 7.05 Å². The number of aryl methyl sites for hydroxylation is 1. The molecular formula is C24H24ClN7O. The molecular weight excluding hydrogens is 438 g/mol. The van der Waals surface area contributed by atoms with Crippen LogP contribution in [0.15, 0.2) is 47.7 Å². The highest BCUT2D eigenvalue weighted by Gasteiger charge is 2.18. The van der Waals surface area contributed by atoms with Gasteiger partial charge in [0.15, 0.2) is 0 Å². The summed E-state index contributed by atoms with van der Waals surface area (Å²) in [4.78, 5) is 30.0. The standard InChI is InChI=1S/C24H24ClN7O/c1-32-22(33)13-21(19-8-9-26-14-29-19)31-24(32)28-11-10-27-23-16-4-2-3-5-18(16)30-20-12-15(25)6-7-17(20)23/h6-9,12-14H,2-5,10-11H2,1H3,(H,27,30)(H,28,31). The van der Waals surface area contributed by atoms with E-state index >= 15 is 0 Å². The predicted molar refractivity (Wildman–Crippen MR) is 131 cm³/mol. The number of rotatable bonds is 6. The molecule has 2 N–H and O–H groups in total. The molecule has 4 aromatic rings. The molecule has 0 saturated carbocycles. The predicted octanol–water partition coefficient (Wildman–Crippen LogP) is 3.84. The average Bonchev–Trinajstić information content (AvgIpc) is 2.83. The van der Waals surface area contributed by atoms with Crippen molar-refractivity contribution >= 4 is 34.1 Å². The molecule has 0 atom stereocenters. The summed E-state index contributed by atoms with van der Waals surface area (Å²) in [5.74, 6) is 0.492. The van der Waals surface area contributed by atoms with Crippen LogP contribution in [0, 0.1) is 0 Å². The van der Waals surface area contributed by atoms with Gasteiger partial charge >= 0.3 is 0 Å². The van der Waals surface area contributed by atoms with Gasteiger partial charge in [0.05, 0.1) is 16.9 Å². The van der Waals surface area contributed by atoms with E-state index in [4.69, 9.17) is 16.6 Å². The highest BCUT2D eigenvalue weighted by Crippen LogP contribution is 2.34. The summed E-state index contributed by atoms with van der Waals surface area (Å²) in [7, 11) is 1.70. The molecule has 9 heteroatoms. The van der Waals surface area contributed by atoms with Crippen molar-refractivity contribution in [3.63, 3.8) is 0 Å². The van der Waals surface area contributed by atoms with E-state index < -0.39 is 0 Å². The van der Waals surface area contributed by atoms with Gasteiger partial charge in [-0.2, -0.15) is 0 Å². The SMILES string of the molecule is Cn1c(NCCNc2c3c(nc4cc(Cl)ccc24)CCCC3)nc(-c2ccncn2)cc1=O. The summed E-state index contributed by atoms with van der Waals surface area (Å²) < 4.78 is 1.50. The summed E-state index contributed by atoms with van der Waals surface area (Å²) in [6.45, 7) is 1.24. The normalized spacial score (nSPS) is 13.0. The van der Waals surface area contributed by atoms with Crippen LogP contribution in [-0.2, 0) is 19.9 Å². The van der Waals surface area contributed by atoms with Crippen LogP contribution < -0.4 is 16.2 Å². The highest BCUT2D eigenvalue weighted by atomic mass is 35.5. The number of pyridine rings is 1. The van der Waals surface area contributed by atoms with Crippen LogP contribution in [-0.4, -0.2) is 37.6 Å². The van der Waals surface area contributed by atoms with Gasteiger partial charge in [-0.25, -0.2) is 15.0 Å². The second-order valence-corrected chi connectivity index (χ2v) is 8.53. The molecule has 3 aromatic heterocycles. The minimum atomic E-state index is -0.153. The molecule has 33 heavy (non-hydrogen) atoms. The lowest BCUT2D eigenvalue weighted by Gasteiger charge is -2.22. The first-order chi connectivity index (χ1) is 16.1. The number of fused-ring (bicyclic) bond motifs is 2. The van der Waals surface area contributed by atoms with Gasteiger partial charge in [0.2, 0.25) is 5.95 Å². The van der Waals surface area contributed by atoms with Gasteiger partial charge in [-0.05, 0) is 55.5 Å². The van der Waals surface area contributed by atoms with Crippen molar-refractivity contribution < 1.29 is 0 Å². The summed E-state index contributed by atoms with van der Waals surface area (Å²) in [6, 6.07) is 9.07. The molecule has 168 valence electrons. The Kier molecular flexibility index (Phi) is 5.92. The molecule has 0 bridgehead atoms. The first-order valence-electron chi connectivity index (χ1n) is 11.0. The van der Waals surface area contributed by atoms with Crippen LogP contribution >= 0.6 is 11.6 Å². The van der Waals surface area contributed by atoms with E-state index in [1.807, 2.05) is 18.2 Å². The minimum absolute atomic E-state index is 0.153. The monoisotopic (exact) mass is 461 g/mol. The molecule has 5 rings (SSSR count). The third kappa shape index (κ3) is 4.39. The lowest BCUT2D eigenvalue weighted by Crippen LogP contribution is -2.24. The zero-order chi connectivity index (χ0) is 22.8. The van der Waals surface area contributed by atoms with Crippen LogP contribution in [0.4, 0.5) is 11.6 Å². The fourth-order valence-corrected chi connectivity index (χ4v) is 4.40. The maximum atomic E-state index is 12.4. The van der Waals surface area contributed by atoms with Gasteiger partial charge in [0, 0.05) is 54.2 Å². The van der Waals surface area contributed by atoms with Crippen LogP contribution in [0.1, 0.15) is 24.1 Å². The molecule has 8 nitrogen and oxygen atoms in total. The number of halogens is 1. The Hall–Kier alpha value is -3.52. The number of benzene rings is 1. The topological polar surface area (TPSA) is 97.6 Å². The van der Waals surface area contributed by atoms with Gasteiger partial charge < -0.3 is 10.6 Å². The molecule has 0 unspecified atom stereocenters. The number of nitrogens with one attached hydrogen (secondary N) is 2. The molecule has 0 spiro atoms. The molecule has 3 heterocycles. The van der Waals surface area contributed by atoms with Gasteiger partial charge in [-0.3, -0.25) is 14.3 Å². The van der Waals surface area contributed by atoms with Crippen LogP contribution in [0.25, 0.3) is 22.3 Å². The molecule has 1 aliphatic rings. The molecule has 0 fully saturated rings. The largest absolute Gasteiger partial charge is 0.382 e. The molecule has 0 aliphatic heterocycles. The molecule has 0 radical (unpaired) electrons. The van der Waals surface area contributed by atoms with Crippen molar-refractivity contribution in [3.8, 4) is 11.4 Å². The van der Waals surface area contributed by atoms with Gasteiger partial charge in [0.1, 0.15) is 6.33 Å². The van der Waals surface area contributed by atoms with E-state index in [9.17, 15) is 4.79 Å². The zero-order valence-electron chi connectivity index (χ0n) is 18.3. The second kappa shape index (κ2) is 9.15. The highest BCUT2D eigenvalue weighted by molar-refractivity contribution is 6.31. The Balaban J connectivity index is 1.36. The van der Waals surface area contributed by atoms with Crippen molar-refractivity contribution in [3.05, 3.63) is 69.5 Å². The van der Waals surface area contributed by atoms with Crippen molar-refractivity contribution in [1.29, 1.82) is 0 Å². The number of anilines is 2. The van der Waals surface area contributed by atoms with Gasteiger partial charge in [-0.15, -0.1) is 0 Å². The van der Waals surface area contributed by atoms with E-state index in [0.717, 1.165) is 41.5 Å². The summed E-state index contributed by atoms with van der Waals surface area (Å²) in [5.41, 5.74) is 5.48. The Bertz CT molecular complexity index is 1370. The Morgan fingerprint density at radius 1 is 1.03 bits per heavy atom. The summed E-state index contributed by atoms with van der Waals surface area (Å²) in [5, 5.41) is 8.65. The molecule has 1 aromatic carbocycles. The van der Waals surface area contributed by atoms with E-state index in [-0.39, 0.29) is 5.56 Å². The molecule has 1 aliphatic carbocycles. The average molecular weight is 462 g/mol. The van der Waals surface area contributed by atoms with Crippen LogP contribution in [0.5, 0.6) is 0 Å². The van der Waals surface area contributed by atoms with Crippen molar-refractivity contribution in [2.75, 3.05) is 23.7 Å². The van der Waals surface area contributed by atoms with E-state index in [1.165, 1.54) is 28.9 Å². The number of aromatic nitrogens is 5. The Morgan fingerprint density at radius 3 is 2.73 bits per heavy atom. The van der Waals surface area contributed by atoms with Crippen LogP contribution in [0.2, 0.25) is 5.02 Å². The number of hydrogen-bond donors (Lipinski definition) is 2. The van der Waals surface area contributed by atoms with Crippen LogP contribution in [0.3, 0.4) is 0 Å². The third-order valence-electron chi connectivity index (χ3n) is 5.91. The lowest BCUT2D eigenvalue weighted by molar-refractivity contribution is 0.672. The fraction of sp³-hybridized carbons (Fsp3) is 0.292. The smallest absolute Gasteiger partial charge is 0.255 e. The maximum Gasteiger partial charge on any atom is 0.255 e. The third-order valence-corrected chi connectivity index (χ3v) is 6.15. The fourth-order valence-electron chi connectivity index (χ4n) is 4.23. The Morgan fingerprint density at radius 2 is 1.88 bits per heavy atom. The quantitative estimate of drug-likeness (QED) is 0.421. The van der Waals surface area contributed by atoms with E-state index in [2.05, 4.69) is 25.6 Å². The van der Waals surface area contributed by atoms with Crippen molar-refractivity contribution in [2.45, 2.75) is 25.7 Å². The minimum Gasteiger partial charge on any atom is -0.382 e. The first-order valence-corrected chi connectivity index (χ1v) is 11.4. The first kappa shape index (κ1) is 21.3. The van der Waals surface area contributed by atoms with Crippen molar-refractivity contribution in [1.82, 2.24) is 24.5 Å². The molecule has 0 saturated heterocycles. The summed E-state index contributed by atoms with van der Waals surface area (Å²) in [6.07, 6.45) is 7.42. The number of hydrogen-bond acceptors (Lipinski definition) is 7. The van der Waals surface area contributed by atoms with Gasteiger partial charge in [-0.1, -0.05) is 11.6 Å². The lowest BCUT2D eigenvalue weighted by atomic mass is 9.92. The van der Waals surface area contributed by atoms with E-state index in [0.29, 0.717) is 35.4 Å². The zero-order valence-corrected chi connectivity index (χ0v) is 19.1. The number of nitrogens with zero attached hydrogens (tertiary/aromatic N) is 5.